The molecule has 0 aromatic heterocycles. The molecule has 0 unspecified atom stereocenters. The van der Waals surface area contributed by atoms with Crippen molar-refractivity contribution in [3.63, 3.8) is 0 Å². The molecule has 0 amide bonds. The van der Waals surface area contributed by atoms with Crippen LogP contribution in [0.4, 0.5) is 8.78 Å². The van der Waals surface area contributed by atoms with Crippen molar-refractivity contribution < 1.29 is 21.8 Å². The van der Waals surface area contributed by atoms with E-state index in [1.54, 1.807) is 0 Å². The first-order chi connectivity index (χ1) is 15.3. The Morgan fingerprint density at radius 1 is 0.656 bits per heavy atom. The van der Waals surface area contributed by atoms with E-state index < -0.39 is 32.2 Å². The van der Waals surface area contributed by atoms with Gasteiger partial charge >= 0.3 is 0 Å². The van der Waals surface area contributed by atoms with Crippen LogP contribution in [0.3, 0.4) is 0 Å². The van der Waals surface area contributed by atoms with Gasteiger partial charge in [-0.25, -0.2) is 17.2 Å². The van der Waals surface area contributed by atoms with Crippen molar-refractivity contribution >= 4 is 21.0 Å². The van der Waals surface area contributed by atoms with Crippen LogP contribution in [0.2, 0.25) is 0 Å². The van der Waals surface area contributed by atoms with E-state index in [4.69, 9.17) is 0 Å². The molecule has 0 saturated carbocycles. The minimum Gasteiger partial charge on any atom is -0.744 e. The van der Waals surface area contributed by atoms with E-state index in [9.17, 15) is 21.8 Å². The third-order valence-corrected chi connectivity index (χ3v) is 7.58. The highest BCUT2D eigenvalue weighted by atomic mass is 32.2. The van der Waals surface area contributed by atoms with Crippen molar-refractivity contribution in [2.75, 3.05) is 0 Å². The zero-order chi connectivity index (χ0) is 23.1. The molecule has 0 radical (unpaired) electrons. The Labute approximate surface area is 189 Å². The molecule has 164 valence electrons. The second-order valence-corrected chi connectivity index (χ2v) is 10.1. The maximum absolute atomic E-state index is 12.9. The highest BCUT2D eigenvalue weighted by Gasteiger charge is 2.27. The fraction of sp³-hybridized carbons (Fsp3) is 0.0400. The molecule has 0 heterocycles. The Kier molecular flexibility index (Phi) is 7.80. The monoisotopic (exact) mass is 470 g/mol. The molecule has 4 aromatic rings. The Morgan fingerprint density at radius 3 is 1.38 bits per heavy atom. The van der Waals surface area contributed by atoms with Gasteiger partial charge in [-0.2, -0.15) is 0 Å². The third kappa shape index (κ3) is 5.82. The molecular formula is C25H20F2O3S2. The average Bonchev–Trinajstić information content (AvgIpc) is 2.79. The summed E-state index contributed by atoms with van der Waals surface area (Å²) in [7, 11) is -4.88. The summed E-state index contributed by atoms with van der Waals surface area (Å²) in [4.78, 5) is 3.06. The molecular weight excluding hydrogens is 450 g/mol. The molecule has 0 spiro atoms. The lowest BCUT2D eigenvalue weighted by Crippen LogP contribution is -2.04. The predicted molar refractivity (Wildman–Crippen MR) is 121 cm³/mol. The second kappa shape index (κ2) is 10.5. The summed E-state index contributed by atoms with van der Waals surface area (Å²) < 4.78 is 56.7. The molecule has 0 aliphatic heterocycles. The van der Waals surface area contributed by atoms with E-state index in [-0.39, 0.29) is 10.9 Å². The largest absolute Gasteiger partial charge is 0.744 e. The highest BCUT2D eigenvalue weighted by Crippen LogP contribution is 2.30. The van der Waals surface area contributed by atoms with E-state index in [1.165, 1.54) is 14.7 Å². The Morgan fingerprint density at radius 2 is 1.03 bits per heavy atom. The molecule has 0 aliphatic carbocycles. The van der Waals surface area contributed by atoms with Gasteiger partial charge in [0.1, 0.15) is 21.8 Å². The summed E-state index contributed by atoms with van der Waals surface area (Å²) in [6.07, 6.45) is 0. The summed E-state index contributed by atoms with van der Waals surface area (Å²) >= 11 is 0. The van der Waals surface area contributed by atoms with E-state index in [0.717, 1.165) is 13.0 Å². The molecule has 4 rings (SSSR count). The minimum absolute atomic E-state index is 0.0146. The molecule has 0 fully saturated rings. The van der Waals surface area contributed by atoms with Gasteiger partial charge in [0, 0.05) is 5.56 Å². The topological polar surface area (TPSA) is 57.2 Å². The van der Waals surface area contributed by atoms with Crippen LogP contribution in [0.5, 0.6) is 0 Å². The fourth-order valence-electron chi connectivity index (χ4n) is 2.91. The standard InChI is InChI=1S/C18H15S.C7H6F2O3S/c1-4-10-16(11-5-1)19(17-12-6-2-7-13-17)18-14-8-3-9-15-18;1-4-5(8)2-3-6(7(4)9)13(10,11)12/h1-15H;2-3H,1H3,(H,10,11,12)/q+1;/p-1. The number of hydrogen-bond donors (Lipinski definition) is 0. The molecule has 0 N–H and O–H groups in total. The van der Waals surface area contributed by atoms with Gasteiger partial charge in [-0.1, -0.05) is 54.6 Å². The lowest BCUT2D eigenvalue weighted by atomic mass is 10.2. The van der Waals surface area contributed by atoms with Crippen LogP contribution in [-0.2, 0) is 21.0 Å². The van der Waals surface area contributed by atoms with Gasteiger partial charge in [-0.3, -0.25) is 0 Å². The average molecular weight is 471 g/mol. The van der Waals surface area contributed by atoms with E-state index in [2.05, 4.69) is 91.0 Å². The smallest absolute Gasteiger partial charge is 0.166 e. The van der Waals surface area contributed by atoms with E-state index in [1.807, 2.05) is 0 Å². The van der Waals surface area contributed by atoms with Gasteiger partial charge in [-0.05, 0) is 55.5 Å². The molecule has 7 heteroatoms. The van der Waals surface area contributed by atoms with Crippen molar-refractivity contribution in [2.45, 2.75) is 26.5 Å². The number of halogens is 2. The van der Waals surface area contributed by atoms with E-state index >= 15 is 0 Å². The van der Waals surface area contributed by atoms with Gasteiger partial charge in [-0.15, -0.1) is 0 Å². The summed E-state index contributed by atoms with van der Waals surface area (Å²) in [5.74, 6) is -2.21. The van der Waals surface area contributed by atoms with Crippen LogP contribution >= 0.6 is 0 Å². The fourth-order valence-corrected chi connectivity index (χ4v) is 5.62. The minimum atomic E-state index is -4.86. The zero-order valence-electron chi connectivity index (χ0n) is 17.1. The normalized spacial score (nSPS) is 11.0. The quantitative estimate of drug-likeness (QED) is 0.273. The summed E-state index contributed by atoms with van der Waals surface area (Å²) in [6, 6.07) is 33.5. The van der Waals surface area contributed by atoms with Gasteiger partial charge in [0.25, 0.3) is 0 Å². The first-order valence-electron chi connectivity index (χ1n) is 9.59. The molecule has 32 heavy (non-hydrogen) atoms. The SMILES string of the molecule is Cc1c(F)ccc(S(=O)(=O)[O-])c1F.c1ccc([S+](c2ccccc2)c2ccccc2)cc1. The molecule has 0 atom stereocenters. The summed E-state index contributed by atoms with van der Waals surface area (Å²) in [5, 5.41) is 0. The van der Waals surface area contributed by atoms with Gasteiger partial charge in [0.15, 0.2) is 14.7 Å². The van der Waals surface area contributed by atoms with Crippen LogP contribution in [0, 0.1) is 18.6 Å². The molecule has 3 nitrogen and oxygen atoms in total. The van der Waals surface area contributed by atoms with Gasteiger partial charge < -0.3 is 4.55 Å². The van der Waals surface area contributed by atoms with Crippen LogP contribution < -0.4 is 0 Å². The Bertz CT molecular complexity index is 1170. The van der Waals surface area contributed by atoms with Crippen molar-refractivity contribution in [1.82, 2.24) is 0 Å². The van der Waals surface area contributed by atoms with Crippen molar-refractivity contribution in [1.29, 1.82) is 0 Å². The van der Waals surface area contributed by atoms with E-state index in [0.29, 0.717) is 6.07 Å². The van der Waals surface area contributed by atoms with Crippen LogP contribution in [0.1, 0.15) is 5.56 Å². The van der Waals surface area contributed by atoms with Crippen LogP contribution in [-0.4, -0.2) is 13.0 Å². The number of hydrogen-bond acceptors (Lipinski definition) is 3. The lowest BCUT2D eigenvalue weighted by Gasteiger charge is -2.09. The first kappa shape index (κ1) is 23.7. The van der Waals surface area contributed by atoms with Gasteiger partial charge in [0.2, 0.25) is 0 Å². The predicted octanol–water partition coefficient (Wildman–Crippen LogP) is 5.96. The molecule has 0 saturated heterocycles. The highest BCUT2D eigenvalue weighted by molar-refractivity contribution is 7.97. The second-order valence-electron chi connectivity index (χ2n) is 6.68. The third-order valence-electron chi connectivity index (χ3n) is 4.49. The Balaban J connectivity index is 0.000000195. The van der Waals surface area contributed by atoms with Gasteiger partial charge in [0.05, 0.1) is 15.8 Å². The van der Waals surface area contributed by atoms with Crippen molar-refractivity contribution in [2.24, 2.45) is 0 Å². The number of rotatable bonds is 4. The van der Waals surface area contributed by atoms with Crippen LogP contribution in [0.15, 0.2) is 123 Å². The lowest BCUT2D eigenvalue weighted by molar-refractivity contribution is 0.452. The molecule has 0 bridgehead atoms. The maximum atomic E-state index is 12.9. The van der Waals surface area contributed by atoms with Crippen molar-refractivity contribution in [3.8, 4) is 0 Å². The molecule has 0 aliphatic rings. The first-order valence-corrected chi connectivity index (χ1v) is 12.2. The summed E-state index contributed by atoms with van der Waals surface area (Å²) in [5.41, 5.74) is -0.475. The number of benzene rings is 4. The zero-order valence-corrected chi connectivity index (χ0v) is 18.7. The summed E-state index contributed by atoms with van der Waals surface area (Å²) in [6.45, 7) is 1.05. The maximum Gasteiger partial charge on any atom is 0.166 e. The Hall–Kier alpha value is -3.00. The molecule has 4 aromatic carbocycles. The van der Waals surface area contributed by atoms with Crippen molar-refractivity contribution in [3.05, 3.63) is 120 Å². The van der Waals surface area contributed by atoms with Crippen LogP contribution in [0.25, 0.3) is 0 Å².